The number of nitrogens with two attached hydrogens (primary N) is 1. The predicted molar refractivity (Wildman–Crippen MR) is 98.5 cm³/mol. The Morgan fingerprint density at radius 3 is 2.35 bits per heavy atom. The molecular weight excluding hydrogens is 284 g/mol. The van der Waals surface area contributed by atoms with Gasteiger partial charge >= 0.3 is 0 Å². The number of nitrogens with one attached hydrogen (secondary N) is 1. The first kappa shape index (κ1) is 16.8. The van der Waals surface area contributed by atoms with E-state index in [0.29, 0.717) is 0 Å². The maximum Gasteiger partial charge on any atom is 0.248 e. The lowest BCUT2D eigenvalue weighted by Crippen LogP contribution is -2.11. The zero-order valence-corrected chi connectivity index (χ0v) is 14.0. The van der Waals surface area contributed by atoms with Crippen molar-refractivity contribution in [1.82, 2.24) is 0 Å². The molecule has 0 aliphatic carbocycles. The Morgan fingerprint density at radius 1 is 1.13 bits per heavy atom. The summed E-state index contributed by atoms with van der Waals surface area (Å²) >= 11 is 0. The van der Waals surface area contributed by atoms with Crippen molar-refractivity contribution in [3.05, 3.63) is 64.7 Å². The first-order valence-electron chi connectivity index (χ1n) is 8.01. The van der Waals surface area contributed by atoms with E-state index < -0.39 is 0 Å². The molecule has 0 saturated heterocycles. The van der Waals surface area contributed by atoms with E-state index in [2.05, 4.69) is 31.3 Å². The number of carbonyl (C=O) groups excluding carboxylic acids is 1. The molecular formula is C20H24N2O. The number of anilines is 2. The van der Waals surface area contributed by atoms with Crippen LogP contribution in [0.3, 0.4) is 0 Å². The van der Waals surface area contributed by atoms with Crippen molar-refractivity contribution >= 4 is 23.4 Å². The van der Waals surface area contributed by atoms with Gasteiger partial charge in [-0.3, -0.25) is 4.79 Å². The minimum atomic E-state index is -0.125. The van der Waals surface area contributed by atoms with Crippen LogP contribution in [0.5, 0.6) is 0 Å². The number of para-hydroxylation sites is 1. The summed E-state index contributed by atoms with van der Waals surface area (Å²) in [5.41, 5.74) is 11.8. The summed E-state index contributed by atoms with van der Waals surface area (Å²) in [6.07, 6.45) is 5.12. The molecule has 2 aromatic carbocycles. The summed E-state index contributed by atoms with van der Waals surface area (Å²) in [5, 5.41) is 3.02. The van der Waals surface area contributed by atoms with Gasteiger partial charge < -0.3 is 11.1 Å². The molecule has 1 amide bonds. The third kappa shape index (κ3) is 4.22. The Morgan fingerprint density at radius 2 is 1.78 bits per heavy atom. The molecule has 0 aromatic heterocycles. The van der Waals surface area contributed by atoms with Gasteiger partial charge in [-0.1, -0.05) is 44.2 Å². The molecule has 0 atom stereocenters. The van der Waals surface area contributed by atoms with Crippen molar-refractivity contribution in [1.29, 1.82) is 0 Å². The molecule has 120 valence electrons. The van der Waals surface area contributed by atoms with E-state index >= 15 is 0 Å². The Bertz CT molecular complexity index is 710. The fourth-order valence-electron chi connectivity index (χ4n) is 2.50. The van der Waals surface area contributed by atoms with Crippen LogP contribution in [0.1, 0.15) is 36.1 Å². The topological polar surface area (TPSA) is 55.1 Å². The molecule has 0 bridgehead atoms. The molecule has 0 aliphatic heterocycles. The van der Waals surface area contributed by atoms with Gasteiger partial charge in [-0.2, -0.15) is 0 Å². The molecule has 3 nitrogen and oxygen atoms in total. The molecule has 0 radical (unpaired) electrons. The quantitative estimate of drug-likeness (QED) is 0.637. The van der Waals surface area contributed by atoms with Crippen LogP contribution in [0.4, 0.5) is 11.4 Å². The molecule has 0 unspecified atom stereocenters. The van der Waals surface area contributed by atoms with Crippen molar-refractivity contribution in [2.75, 3.05) is 11.1 Å². The SMILES string of the molecule is CCc1cccc(CC)c1NC(=O)/C=C/c1ccc(C)c(N)c1. The van der Waals surface area contributed by atoms with Crippen LogP contribution in [0.25, 0.3) is 6.08 Å². The molecule has 3 N–H and O–H groups in total. The van der Waals surface area contributed by atoms with Crippen LogP contribution in [-0.4, -0.2) is 5.91 Å². The normalized spacial score (nSPS) is 10.9. The Balaban J connectivity index is 2.16. The highest BCUT2D eigenvalue weighted by Crippen LogP contribution is 2.22. The second kappa shape index (κ2) is 7.63. The second-order valence-electron chi connectivity index (χ2n) is 5.60. The molecule has 2 aromatic rings. The van der Waals surface area contributed by atoms with E-state index in [4.69, 9.17) is 5.73 Å². The fraction of sp³-hybridized carbons (Fsp3) is 0.250. The molecule has 3 heteroatoms. The summed E-state index contributed by atoms with van der Waals surface area (Å²) in [5.74, 6) is -0.125. The van der Waals surface area contributed by atoms with Gasteiger partial charge in [0.05, 0.1) is 0 Å². The summed E-state index contributed by atoms with van der Waals surface area (Å²) in [6, 6.07) is 11.9. The Kier molecular flexibility index (Phi) is 5.58. The van der Waals surface area contributed by atoms with Gasteiger partial charge in [-0.05, 0) is 54.2 Å². The highest BCUT2D eigenvalue weighted by atomic mass is 16.1. The van der Waals surface area contributed by atoms with E-state index in [0.717, 1.165) is 46.5 Å². The minimum absolute atomic E-state index is 0.125. The maximum atomic E-state index is 12.2. The molecule has 0 aliphatic rings. The lowest BCUT2D eigenvalue weighted by molar-refractivity contribution is -0.111. The zero-order valence-electron chi connectivity index (χ0n) is 14.0. The van der Waals surface area contributed by atoms with Gasteiger partial charge in [-0.25, -0.2) is 0 Å². The zero-order chi connectivity index (χ0) is 16.8. The smallest absolute Gasteiger partial charge is 0.248 e. The average molecular weight is 308 g/mol. The number of amides is 1. The predicted octanol–water partition coefficient (Wildman–Crippen LogP) is 4.35. The van der Waals surface area contributed by atoms with Crippen molar-refractivity contribution in [2.24, 2.45) is 0 Å². The van der Waals surface area contributed by atoms with Gasteiger partial charge in [-0.15, -0.1) is 0 Å². The van der Waals surface area contributed by atoms with Crippen LogP contribution in [0.2, 0.25) is 0 Å². The first-order valence-corrected chi connectivity index (χ1v) is 8.01. The van der Waals surface area contributed by atoms with E-state index in [1.165, 1.54) is 0 Å². The number of hydrogen-bond acceptors (Lipinski definition) is 2. The highest BCUT2D eigenvalue weighted by Gasteiger charge is 2.08. The fourth-order valence-corrected chi connectivity index (χ4v) is 2.50. The minimum Gasteiger partial charge on any atom is -0.398 e. The lowest BCUT2D eigenvalue weighted by Gasteiger charge is -2.13. The van der Waals surface area contributed by atoms with Crippen LogP contribution in [0.15, 0.2) is 42.5 Å². The summed E-state index contributed by atoms with van der Waals surface area (Å²) in [7, 11) is 0. The van der Waals surface area contributed by atoms with E-state index in [1.807, 2.05) is 31.2 Å². The Hall–Kier alpha value is -2.55. The number of carbonyl (C=O) groups is 1. The van der Waals surface area contributed by atoms with Crippen LogP contribution in [-0.2, 0) is 17.6 Å². The molecule has 0 heterocycles. The van der Waals surface area contributed by atoms with Crippen molar-refractivity contribution in [3.63, 3.8) is 0 Å². The highest BCUT2D eigenvalue weighted by molar-refractivity contribution is 6.02. The van der Waals surface area contributed by atoms with Crippen LogP contribution in [0, 0.1) is 6.92 Å². The summed E-state index contributed by atoms with van der Waals surface area (Å²) in [6.45, 7) is 6.15. The van der Waals surface area contributed by atoms with Crippen LogP contribution < -0.4 is 11.1 Å². The Labute approximate surface area is 138 Å². The molecule has 23 heavy (non-hydrogen) atoms. The number of hydrogen-bond donors (Lipinski definition) is 2. The van der Waals surface area contributed by atoms with Gasteiger partial charge in [0.1, 0.15) is 0 Å². The van der Waals surface area contributed by atoms with Crippen LogP contribution >= 0.6 is 0 Å². The third-order valence-corrected chi connectivity index (χ3v) is 3.98. The molecule has 0 spiro atoms. The van der Waals surface area contributed by atoms with Gasteiger partial charge in [0.25, 0.3) is 0 Å². The monoisotopic (exact) mass is 308 g/mol. The number of aryl methyl sites for hydroxylation is 3. The number of nitrogen functional groups attached to an aromatic ring is 1. The molecule has 0 fully saturated rings. The molecule has 0 saturated carbocycles. The standard InChI is InChI=1S/C20H24N2O/c1-4-16-7-6-8-17(5-2)20(16)22-19(23)12-11-15-10-9-14(3)18(21)13-15/h6-13H,4-5,21H2,1-3H3,(H,22,23)/b12-11+. The second-order valence-corrected chi connectivity index (χ2v) is 5.60. The maximum absolute atomic E-state index is 12.2. The third-order valence-electron chi connectivity index (χ3n) is 3.98. The van der Waals surface area contributed by atoms with Crippen molar-refractivity contribution in [3.8, 4) is 0 Å². The van der Waals surface area contributed by atoms with E-state index in [1.54, 1.807) is 12.2 Å². The van der Waals surface area contributed by atoms with Gasteiger partial charge in [0, 0.05) is 17.5 Å². The van der Waals surface area contributed by atoms with Crippen molar-refractivity contribution < 1.29 is 4.79 Å². The van der Waals surface area contributed by atoms with Gasteiger partial charge in [0.15, 0.2) is 0 Å². The lowest BCUT2D eigenvalue weighted by atomic mass is 10.0. The summed E-state index contributed by atoms with van der Waals surface area (Å²) < 4.78 is 0. The van der Waals surface area contributed by atoms with Crippen molar-refractivity contribution in [2.45, 2.75) is 33.6 Å². The molecule has 2 rings (SSSR count). The van der Waals surface area contributed by atoms with E-state index in [9.17, 15) is 4.79 Å². The first-order chi connectivity index (χ1) is 11.0. The number of rotatable bonds is 5. The number of benzene rings is 2. The van der Waals surface area contributed by atoms with E-state index in [-0.39, 0.29) is 5.91 Å². The summed E-state index contributed by atoms with van der Waals surface area (Å²) in [4.78, 5) is 12.2. The average Bonchev–Trinajstić information content (AvgIpc) is 2.56. The largest absolute Gasteiger partial charge is 0.398 e. The van der Waals surface area contributed by atoms with Gasteiger partial charge in [0.2, 0.25) is 5.91 Å².